The first-order valence-electron chi connectivity index (χ1n) is 7.20. The molecule has 1 aliphatic heterocycles. The number of rotatable bonds is 3. The molecule has 1 atom stereocenters. The topological polar surface area (TPSA) is 65.1 Å². The molecule has 0 radical (unpaired) electrons. The van der Waals surface area contributed by atoms with Gasteiger partial charge >= 0.3 is 0 Å². The highest BCUT2D eigenvalue weighted by Crippen LogP contribution is 2.17. The molecular formula is C15H23FN4O. The zero-order valence-corrected chi connectivity index (χ0v) is 12.6. The standard InChI is InChI=1S/C15H23FN4O/c1-11-9-19(2)6-3-7-20(11)10-13-5-4-12(8-14(13)16)15(17)18-21/h4-5,8,11,21H,3,6-7,9-10H2,1-2H3,(H2,17,18). The fourth-order valence-electron chi connectivity index (χ4n) is 2.77. The van der Waals surface area contributed by atoms with Crippen LogP contribution in [0, 0.1) is 5.82 Å². The van der Waals surface area contributed by atoms with Crippen molar-refractivity contribution in [3.8, 4) is 0 Å². The lowest BCUT2D eigenvalue weighted by Crippen LogP contribution is -2.37. The molecule has 3 N–H and O–H groups in total. The molecule has 1 unspecified atom stereocenters. The predicted molar refractivity (Wildman–Crippen MR) is 80.9 cm³/mol. The van der Waals surface area contributed by atoms with Crippen molar-refractivity contribution in [3.05, 3.63) is 35.1 Å². The first-order chi connectivity index (χ1) is 10.0. The van der Waals surface area contributed by atoms with Gasteiger partial charge in [-0.3, -0.25) is 4.90 Å². The Morgan fingerprint density at radius 3 is 2.90 bits per heavy atom. The van der Waals surface area contributed by atoms with E-state index in [1.807, 2.05) is 0 Å². The third kappa shape index (κ3) is 3.92. The summed E-state index contributed by atoms with van der Waals surface area (Å²) in [5, 5.41) is 11.5. The molecule has 1 aliphatic rings. The first kappa shape index (κ1) is 15.7. The number of likely N-dealkylation sites (N-methyl/N-ethyl adjacent to an activating group) is 1. The zero-order chi connectivity index (χ0) is 15.4. The maximum atomic E-state index is 14.2. The van der Waals surface area contributed by atoms with Crippen molar-refractivity contribution < 1.29 is 9.60 Å². The highest BCUT2D eigenvalue weighted by atomic mass is 19.1. The molecule has 0 saturated carbocycles. The van der Waals surface area contributed by atoms with Crippen molar-refractivity contribution >= 4 is 5.84 Å². The zero-order valence-electron chi connectivity index (χ0n) is 12.6. The van der Waals surface area contributed by atoms with Gasteiger partial charge in [0.15, 0.2) is 5.84 Å². The lowest BCUT2D eigenvalue weighted by atomic mass is 10.1. The summed E-state index contributed by atoms with van der Waals surface area (Å²) in [6.45, 7) is 5.78. The lowest BCUT2D eigenvalue weighted by molar-refractivity contribution is 0.192. The molecule has 21 heavy (non-hydrogen) atoms. The van der Waals surface area contributed by atoms with Gasteiger partial charge in [0.1, 0.15) is 5.82 Å². The van der Waals surface area contributed by atoms with E-state index in [0.29, 0.717) is 23.7 Å². The summed E-state index contributed by atoms with van der Waals surface area (Å²) in [5.74, 6) is -0.394. The molecular weight excluding hydrogens is 271 g/mol. The smallest absolute Gasteiger partial charge is 0.170 e. The van der Waals surface area contributed by atoms with E-state index in [0.717, 1.165) is 26.1 Å². The number of halogens is 1. The number of nitrogens with two attached hydrogens (primary N) is 1. The van der Waals surface area contributed by atoms with E-state index in [2.05, 4.69) is 28.9 Å². The average Bonchev–Trinajstić information content (AvgIpc) is 2.61. The monoisotopic (exact) mass is 294 g/mol. The molecule has 1 saturated heterocycles. The Morgan fingerprint density at radius 2 is 2.24 bits per heavy atom. The van der Waals surface area contributed by atoms with Gasteiger partial charge < -0.3 is 15.8 Å². The van der Waals surface area contributed by atoms with Gasteiger partial charge in [-0.25, -0.2) is 4.39 Å². The number of hydrogen-bond donors (Lipinski definition) is 2. The predicted octanol–water partition coefficient (Wildman–Crippen LogP) is 1.45. The second kappa shape index (κ2) is 6.87. The number of hydrogen-bond acceptors (Lipinski definition) is 4. The van der Waals surface area contributed by atoms with Crippen molar-refractivity contribution in [1.29, 1.82) is 0 Å². The minimum atomic E-state index is -0.316. The minimum Gasteiger partial charge on any atom is -0.409 e. The third-order valence-electron chi connectivity index (χ3n) is 4.01. The van der Waals surface area contributed by atoms with Crippen molar-refractivity contribution in [3.63, 3.8) is 0 Å². The minimum absolute atomic E-state index is 0.0785. The van der Waals surface area contributed by atoms with Crippen LogP contribution >= 0.6 is 0 Å². The average molecular weight is 294 g/mol. The number of oxime groups is 1. The summed E-state index contributed by atoms with van der Waals surface area (Å²) in [5.41, 5.74) is 6.50. The van der Waals surface area contributed by atoms with E-state index in [1.165, 1.54) is 6.07 Å². The van der Waals surface area contributed by atoms with Crippen molar-refractivity contribution in [2.75, 3.05) is 26.7 Å². The second-order valence-corrected chi connectivity index (χ2v) is 5.73. The van der Waals surface area contributed by atoms with Crippen LogP contribution in [0.4, 0.5) is 4.39 Å². The highest BCUT2D eigenvalue weighted by Gasteiger charge is 2.20. The van der Waals surface area contributed by atoms with Crippen molar-refractivity contribution in [2.45, 2.75) is 25.9 Å². The van der Waals surface area contributed by atoms with E-state index in [-0.39, 0.29) is 11.7 Å². The summed E-state index contributed by atoms with van der Waals surface area (Å²) in [6, 6.07) is 5.10. The molecule has 116 valence electrons. The van der Waals surface area contributed by atoms with E-state index in [9.17, 15) is 4.39 Å². The maximum absolute atomic E-state index is 14.2. The lowest BCUT2D eigenvalue weighted by Gasteiger charge is -2.28. The Kier molecular flexibility index (Phi) is 5.14. The van der Waals surface area contributed by atoms with Gasteiger partial charge in [0, 0.05) is 36.8 Å². The van der Waals surface area contributed by atoms with Gasteiger partial charge in [-0.15, -0.1) is 0 Å². The van der Waals surface area contributed by atoms with Crippen LogP contribution in [-0.2, 0) is 6.54 Å². The molecule has 6 heteroatoms. The molecule has 0 amide bonds. The highest BCUT2D eigenvalue weighted by molar-refractivity contribution is 5.97. The molecule has 0 bridgehead atoms. The molecule has 1 fully saturated rings. The summed E-state index contributed by atoms with van der Waals surface area (Å²) >= 11 is 0. The fraction of sp³-hybridized carbons (Fsp3) is 0.533. The van der Waals surface area contributed by atoms with E-state index in [4.69, 9.17) is 10.9 Å². The van der Waals surface area contributed by atoms with Crippen LogP contribution in [0.2, 0.25) is 0 Å². The number of nitrogens with zero attached hydrogens (tertiary/aromatic N) is 3. The Labute approximate surface area is 124 Å². The Hall–Kier alpha value is -1.66. The van der Waals surface area contributed by atoms with Crippen LogP contribution in [0.25, 0.3) is 0 Å². The maximum Gasteiger partial charge on any atom is 0.170 e. The van der Waals surface area contributed by atoms with Gasteiger partial charge in [-0.2, -0.15) is 0 Å². The fourth-order valence-corrected chi connectivity index (χ4v) is 2.77. The van der Waals surface area contributed by atoms with Crippen LogP contribution < -0.4 is 5.73 Å². The van der Waals surface area contributed by atoms with Crippen molar-refractivity contribution in [1.82, 2.24) is 9.80 Å². The number of benzene rings is 1. The summed E-state index contributed by atoms with van der Waals surface area (Å²) < 4.78 is 14.2. The van der Waals surface area contributed by atoms with Crippen LogP contribution in [0.1, 0.15) is 24.5 Å². The first-order valence-corrected chi connectivity index (χ1v) is 7.20. The van der Waals surface area contributed by atoms with E-state index >= 15 is 0 Å². The Bertz CT molecular complexity index is 520. The summed E-state index contributed by atoms with van der Waals surface area (Å²) in [7, 11) is 2.12. The number of amidine groups is 1. The van der Waals surface area contributed by atoms with Crippen LogP contribution in [-0.4, -0.2) is 53.6 Å². The molecule has 5 nitrogen and oxygen atoms in total. The van der Waals surface area contributed by atoms with Gasteiger partial charge in [0.25, 0.3) is 0 Å². The largest absolute Gasteiger partial charge is 0.409 e. The molecule has 1 aromatic rings. The molecule has 0 aliphatic carbocycles. The second-order valence-electron chi connectivity index (χ2n) is 5.73. The van der Waals surface area contributed by atoms with Gasteiger partial charge in [0.2, 0.25) is 0 Å². The van der Waals surface area contributed by atoms with Crippen LogP contribution in [0.15, 0.2) is 23.4 Å². The summed E-state index contributed by atoms with van der Waals surface area (Å²) in [4.78, 5) is 4.60. The Balaban J connectivity index is 2.12. The van der Waals surface area contributed by atoms with Gasteiger partial charge in [0.05, 0.1) is 0 Å². The SMILES string of the molecule is CC1CN(C)CCCN1Cc1ccc(/C(N)=N/O)cc1F. The molecule has 0 spiro atoms. The van der Waals surface area contributed by atoms with Gasteiger partial charge in [-0.05, 0) is 33.0 Å². The third-order valence-corrected chi connectivity index (χ3v) is 4.01. The van der Waals surface area contributed by atoms with E-state index in [1.54, 1.807) is 12.1 Å². The molecule has 0 aromatic heterocycles. The quantitative estimate of drug-likeness (QED) is 0.383. The Morgan fingerprint density at radius 1 is 1.48 bits per heavy atom. The van der Waals surface area contributed by atoms with Crippen LogP contribution in [0.5, 0.6) is 0 Å². The molecule has 2 rings (SSSR count). The summed E-state index contributed by atoms with van der Waals surface area (Å²) in [6.07, 6.45) is 1.09. The molecule has 1 heterocycles. The molecule has 1 aromatic carbocycles. The van der Waals surface area contributed by atoms with Gasteiger partial charge in [-0.1, -0.05) is 17.3 Å². The van der Waals surface area contributed by atoms with Crippen molar-refractivity contribution in [2.24, 2.45) is 10.9 Å². The normalized spacial score (nSPS) is 22.2. The van der Waals surface area contributed by atoms with E-state index < -0.39 is 0 Å². The van der Waals surface area contributed by atoms with Crippen LogP contribution in [0.3, 0.4) is 0 Å².